The van der Waals surface area contributed by atoms with Crippen molar-refractivity contribution in [3.05, 3.63) is 36.2 Å². The molecule has 150 valence electrons. The van der Waals surface area contributed by atoms with Gasteiger partial charge in [-0.1, -0.05) is 6.92 Å². The summed E-state index contributed by atoms with van der Waals surface area (Å²) in [6.07, 6.45) is 7.34. The molecule has 2 N–H and O–H groups in total. The fourth-order valence-electron chi connectivity index (χ4n) is 3.31. The lowest BCUT2D eigenvalue weighted by molar-refractivity contribution is 0.0923. The van der Waals surface area contributed by atoms with E-state index in [9.17, 15) is 4.79 Å². The highest BCUT2D eigenvalue weighted by Crippen LogP contribution is 2.23. The monoisotopic (exact) mass is 400 g/mol. The molecular weight excluding hydrogens is 372 g/mol. The third kappa shape index (κ3) is 5.34. The normalized spacial score (nSPS) is 19.1. The van der Waals surface area contributed by atoms with Gasteiger partial charge in [-0.15, -0.1) is 11.8 Å². The van der Waals surface area contributed by atoms with Crippen molar-refractivity contribution in [3.8, 4) is 0 Å². The Morgan fingerprint density at radius 1 is 1.14 bits per heavy atom. The summed E-state index contributed by atoms with van der Waals surface area (Å²) in [5, 5.41) is 7.42. The molecule has 0 radical (unpaired) electrons. The predicted octanol–water partition coefficient (Wildman–Crippen LogP) is 3.20. The van der Waals surface area contributed by atoms with E-state index in [1.165, 1.54) is 0 Å². The summed E-state index contributed by atoms with van der Waals surface area (Å²) in [5.41, 5.74) is 0.670. The van der Waals surface area contributed by atoms with Gasteiger partial charge in [-0.25, -0.2) is 9.97 Å². The van der Waals surface area contributed by atoms with Gasteiger partial charge in [0.2, 0.25) is 5.95 Å². The average Bonchev–Trinajstić information content (AvgIpc) is 2.70. The predicted molar refractivity (Wildman–Crippen MR) is 114 cm³/mol. The van der Waals surface area contributed by atoms with E-state index in [1.807, 2.05) is 37.2 Å². The first kappa shape index (κ1) is 20.4. The van der Waals surface area contributed by atoms with Gasteiger partial charge in [0.1, 0.15) is 10.8 Å². The highest BCUT2D eigenvalue weighted by atomic mass is 32.2. The van der Waals surface area contributed by atoms with Crippen LogP contribution in [0.5, 0.6) is 0 Å². The average molecular weight is 401 g/mol. The van der Waals surface area contributed by atoms with Gasteiger partial charge >= 0.3 is 0 Å². The van der Waals surface area contributed by atoms with E-state index in [0.717, 1.165) is 42.3 Å². The second kappa shape index (κ2) is 9.73. The van der Waals surface area contributed by atoms with Gasteiger partial charge in [-0.2, -0.15) is 4.98 Å². The van der Waals surface area contributed by atoms with Crippen LogP contribution < -0.4 is 15.5 Å². The van der Waals surface area contributed by atoms with Gasteiger partial charge < -0.3 is 15.5 Å². The molecule has 28 heavy (non-hydrogen) atoms. The van der Waals surface area contributed by atoms with Gasteiger partial charge in [0.15, 0.2) is 0 Å². The lowest BCUT2D eigenvalue weighted by Crippen LogP contribution is -2.40. The summed E-state index contributed by atoms with van der Waals surface area (Å²) in [5.74, 6) is 2.42. The van der Waals surface area contributed by atoms with Crippen LogP contribution in [0.2, 0.25) is 0 Å². The number of aromatic nitrogens is 3. The molecule has 0 spiro atoms. The van der Waals surface area contributed by atoms with Crippen LogP contribution in [-0.2, 0) is 0 Å². The van der Waals surface area contributed by atoms with Crippen molar-refractivity contribution in [2.45, 2.75) is 49.7 Å². The number of hydrogen-bond acceptors (Lipinski definition) is 7. The van der Waals surface area contributed by atoms with Crippen molar-refractivity contribution < 1.29 is 4.79 Å². The molecule has 2 aromatic rings. The maximum absolute atomic E-state index is 12.7. The van der Waals surface area contributed by atoms with Gasteiger partial charge in [0.25, 0.3) is 5.91 Å². The van der Waals surface area contributed by atoms with Gasteiger partial charge in [0.05, 0.1) is 5.56 Å². The van der Waals surface area contributed by atoms with Gasteiger partial charge in [-0.05, 0) is 49.6 Å². The zero-order valence-electron chi connectivity index (χ0n) is 16.7. The SMILES string of the molecule is CCSc1ncccc1C(=O)NC1CCC(Nc2nccc(N(C)C)n2)CC1. The van der Waals surface area contributed by atoms with Crippen molar-refractivity contribution in [2.75, 3.05) is 30.1 Å². The van der Waals surface area contributed by atoms with Crippen molar-refractivity contribution in [1.82, 2.24) is 20.3 Å². The fourth-order valence-corrected chi connectivity index (χ4v) is 4.04. The molecular formula is C20H28N6OS. The molecule has 0 aliphatic heterocycles. The number of thioether (sulfide) groups is 1. The number of pyridine rings is 1. The van der Waals surface area contributed by atoms with Crippen LogP contribution in [0.15, 0.2) is 35.6 Å². The number of hydrogen-bond donors (Lipinski definition) is 2. The summed E-state index contributed by atoms with van der Waals surface area (Å²) in [4.78, 5) is 27.8. The Kier molecular flexibility index (Phi) is 7.08. The van der Waals surface area contributed by atoms with Crippen molar-refractivity contribution >= 4 is 29.4 Å². The number of carbonyl (C=O) groups is 1. The van der Waals surface area contributed by atoms with Crippen LogP contribution >= 0.6 is 11.8 Å². The largest absolute Gasteiger partial charge is 0.363 e. The lowest BCUT2D eigenvalue weighted by Gasteiger charge is -2.30. The number of nitrogens with one attached hydrogen (secondary N) is 2. The van der Waals surface area contributed by atoms with Crippen LogP contribution in [-0.4, -0.2) is 52.8 Å². The highest BCUT2D eigenvalue weighted by molar-refractivity contribution is 7.99. The number of carbonyl (C=O) groups excluding carboxylic acids is 1. The molecule has 0 bridgehead atoms. The third-order valence-electron chi connectivity index (χ3n) is 4.79. The summed E-state index contributed by atoms with van der Waals surface area (Å²) in [6.45, 7) is 2.06. The molecule has 1 saturated carbocycles. The molecule has 1 aliphatic carbocycles. The molecule has 0 unspecified atom stereocenters. The van der Waals surface area contributed by atoms with Crippen LogP contribution in [0, 0.1) is 0 Å². The van der Waals surface area contributed by atoms with E-state index in [0.29, 0.717) is 17.6 Å². The molecule has 2 heterocycles. The first-order valence-corrected chi connectivity index (χ1v) is 10.7. The molecule has 2 aromatic heterocycles. The second-order valence-corrected chi connectivity index (χ2v) is 8.34. The smallest absolute Gasteiger partial charge is 0.254 e. The Morgan fingerprint density at radius 3 is 2.61 bits per heavy atom. The molecule has 1 fully saturated rings. The minimum atomic E-state index is -0.0255. The van der Waals surface area contributed by atoms with E-state index in [-0.39, 0.29) is 11.9 Å². The first-order chi connectivity index (χ1) is 13.6. The van der Waals surface area contributed by atoms with Crippen LogP contribution in [0.4, 0.5) is 11.8 Å². The number of amides is 1. The Morgan fingerprint density at radius 2 is 1.89 bits per heavy atom. The summed E-state index contributed by atoms with van der Waals surface area (Å²) < 4.78 is 0. The summed E-state index contributed by atoms with van der Waals surface area (Å²) >= 11 is 1.60. The first-order valence-electron chi connectivity index (χ1n) is 9.72. The van der Waals surface area contributed by atoms with Crippen LogP contribution in [0.25, 0.3) is 0 Å². The Bertz CT molecular complexity index is 792. The Labute approximate surface area is 170 Å². The van der Waals surface area contributed by atoms with Crippen molar-refractivity contribution in [3.63, 3.8) is 0 Å². The number of rotatable bonds is 7. The topological polar surface area (TPSA) is 83.0 Å². The summed E-state index contributed by atoms with van der Waals surface area (Å²) in [7, 11) is 3.93. The standard InChI is InChI=1S/C20H28N6OS/c1-4-28-19-16(6-5-12-21-19)18(27)23-14-7-9-15(10-8-14)24-20-22-13-11-17(25-20)26(2)3/h5-6,11-15H,4,7-10H2,1-3H3,(H,23,27)(H,22,24,25). The van der Waals surface area contributed by atoms with Gasteiger partial charge in [-0.3, -0.25) is 4.79 Å². The molecule has 0 aromatic carbocycles. The molecule has 7 nitrogen and oxygen atoms in total. The number of nitrogens with zero attached hydrogens (tertiary/aromatic N) is 4. The maximum atomic E-state index is 12.7. The lowest BCUT2D eigenvalue weighted by atomic mass is 9.91. The zero-order chi connectivity index (χ0) is 19.9. The van der Waals surface area contributed by atoms with E-state index in [2.05, 4.69) is 32.5 Å². The third-order valence-corrected chi connectivity index (χ3v) is 5.68. The minimum Gasteiger partial charge on any atom is -0.363 e. The molecule has 1 aliphatic rings. The Hall–Kier alpha value is -2.35. The fraction of sp³-hybridized carbons (Fsp3) is 0.500. The molecule has 0 saturated heterocycles. The second-order valence-electron chi connectivity index (χ2n) is 7.09. The van der Waals surface area contributed by atoms with Crippen LogP contribution in [0.3, 0.4) is 0 Å². The molecule has 3 rings (SSSR count). The highest BCUT2D eigenvalue weighted by Gasteiger charge is 2.24. The van der Waals surface area contributed by atoms with E-state index >= 15 is 0 Å². The van der Waals surface area contributed by atoms with E-state index < -0.39 is 0 Å². The molecule has 8 heteroatoms. The summed E-state index contributed by atoms with van der Waals surface area (Å²) in [6, 6.07) is 6.08. The number of anilines is 2. The van der Waals surface area contributed by atoms with Crippen LogP contribution in [0.1, 0.15) is 43.0 Å². The molecule has 1 amide bonds. The molecule has 0 atom stereocenters. The zero-order valence-corrected chi connectivity index (χ0v) is 17.5. The van der Waals surface area contributed by atoms with Crippen molar-refractivity contribution in [1.29, 1.82) is 0 Å². The van der Waals surface area contributed by atoms with Gasteiger partial charge in [0, 0.05) is 38.6 Å². The Balaban J connectivity index is 1.52. The van der Waals surface area contributed by atoms with Crippen molar-refractivity contribution in [2.24, 2.45) is 0 Å². The quantitative estimate of drug-likeness (QED) is 0.691. The maximum Gasteiger partial charge on any atom is 0.254 e. The van der Waals surface area contributed by atoms with E-state index in [4.69, 9.17) is 0 Å². The minimum absolute atomic E-state index is 0.0255. The van der Waals surface area contributed by atoms with E-state index in [1.54, 1.807) is 24.2 Å².